The molecule has 1 amide bonds. The minimum absolute atomic E-state index is 0.111. The van der Waals surface area contributed by atoms with Gasteiger partial charge in [0, 0.05) is 19.0 Å². The summed E-state index contributed by atoms with van der Waals surface area (Å²) in [6.07, 6.45) is 1.56. The van der Waals surface area contributed by atoms with Crippen LogP contribution in [0, 0.1) is 0 Å². The molecule has 0 atom stereocenters. The molecule has 0 bridgehead atoms. The maximum absolute atomic E-state index is 12.4. The molecule has 0 fully saturated rings. The van der Waals surface area contributed by atoms with E-state index in [2.05, 4.69) is 10.4 Å². The standard InChI is InChI=1S/C15H16N4O3/c1-22-7-6-16-14(20)9-19-15(21)13-8-11-4-2-3-5-12(11)18(13)10-17-19/h2-5,8,10H,6-7,9H2,1H3,(H,16,20). The maximum atomic E-state index is 12.4. The Hall–Kier alpha value is -2.67. The number of carbonyl (C=O) groups is 1. The molecule has 1 N–H and O–H groups in total. The fourth-order valence-corrected chi connectivity index (χ4v) is 2.36. The highest BCUT2D eigenvalue weighted by molar-refractivity contribution is 5.86. The molecule has 114 valence electrons. The van der Waals surface area contributed by atoms with Crippen LogP contribution in [0.25, 0.3) is 16.4 Å². The van der Waals surface area contributed by atoms with Gasteiger partial charge in [-0.1, -0.05) is 18.2 Å². The van der Waals surface area contributed by atoms with Crippen LogP contribution in [-0.2, 0) is 16.1 Å². The predicted molar refractivity (Wildman–Crippen MR) is 81.8 cm³/mol. The Morgan fingerprint density at radius 1 is 1.32 bits per heavy atom. The van der Waals surface area contributed by atoms with Gasteiger partial charge in [-0.25, -0.2) is 4.68 Å². The van der Waals surface area contributed by atoms with E-state index in [1.165, 1.54) is 0 Å². The van der Waals surface area contributed by atoms with Crippen molar-refractivity contribution in [3.05, 3.63) is 47.0 Å². The second-order valence-corrected chi connectivity index (χ2v) is 4.89. The molecule has 2 aromatic heterocycles. The van der Waals surface area contributed by atoms with E-state index in [1.54, 1.807) is 23.9 Å². The number of hydrogen-bond donors (Lipinski definition) is 1. The first-order valence-electron chi connectivity index (χ1n) is 6.92. The van der Waals surface area contributed by atoms with Gasteiger partial charge >= 0.3 is 0 Å². The first-order valence-corrected chi connectivity index (χ1v) is 6.92. The molecule has 0 aliphatic carbocycles. The number of nitrogens with one attached hydrogen (secondary N) is 1. The molecule has 0 spiro atoms. The molecule has 0 radical (unpaired) electrons. The van der Waals surface area contributed by atoms with Gasteiger partial charge in [-0.3, -0.25) is 14.0 Å². The Morgan fingerprint density at radius 2 is 2.14 bits per heavy atom. The molecule has 3 rings (SSSR count). The molecule has 2 heterocycles. The molecule has 3 aromatic rings. The number of methoxy groups -OCH3 is 1. The molecule has 7 nitrogen and oxygen atoms in total. The lowest BCUT2D eigenvalue weighted by molar-refractivity contribution is -0.122. The third-order valence-corrected chi connectivity index (χ3v) is 3.43. The fraction of sp³-hybridized carbons (Fsp3) is 0.267. The zero-order valence-corrected chi connectivity index (χ0v) is 12.2. The van der Waals surface area contributed by atoms with Crippen LogP contribution in [0.15, 0.2) is 41.5 Å². The minimum Gasteiger partial charge on any atom is -0.383 e. The topological polar surface area (TPSA) is 77.6 Å². The summed E-state index contributed by atoms with van der Waals surface area (Å²) in [6.45, 7) is 0.721. The largest absolute Gasteiger partial charge is 0.383 e. The summed E-state index contributed by atoms with van der Waals surface area (Å²) < 4.78 is 7.75. The van der Waals surface area contributed by atoms with Gasteiger partial charge in [0.25, 0.3) is 5.56 Å². The van der Waals surface area contributed by atoms with E-state index in [9.17, 15) is 9.59 Å². The van der Waals surface area contributed by atoms with Crippen LogP contribution in [0.1, 0.15) is 0 Å². The van der Waals surface area contributed by atoms with Crippen molar-refractivity contribution in [2.24, 2.45) is 0 Å². The number of fused-ring (bicyclic) bond motifs is 3. The summed E-state index contributed by atoms with van der Waals surface area (Å²) in [5, 5.41) is 7.70. The highest BCUT2D eigenvalue weighted by Gasteiger charge is 2.10. The van der Waals surface area contributed by atoms with Gasteiger partial charge in [-0.05, 0) is 12.1 Å². The molecule has 1 aromatic carbocycles. The average Bonchev–Trinajstić information content (AvgIpc) is 2.90. The van der Waals surface area contributed by atoms with Gasteiger partial charge in [0.2, 0.25) is 5.91 Å². The van der Waals surface area contributed by atoms with E-state index < -0.39 is 0 Å². The van der Waals surface area contributed by atoms with Crippen molar-refractivity contribution in [3.63, 3.8) is 0 Å². The Labute approximate surface area is 126 Å². The van der Waals surface area contributed by atoms with Crippen LogP contribution in [-0.4, -0.2) is 40.3 Å². The number of aromatic nitrogens is 3. The summed E-state index contributed by atoms with van der Waals surface area (Å²) in [5.74, 6) is -0.271. The van der Waals surface area contributed by atoms with E-state index in [4.69, 9.17) is 4.74 Å². The van der Waals surface area contributed by atoms with Crippen molar-refractivity contribution < 1.29 is 9.53 Å². The van der Waals surface area contributed by atoms with Crippen LogP contribution >= 0.6 is 0 Å². The zero-order chi connectivity index (χ0) is 15.5. The lowest BCUT2D eigenvalue weighted by Crippen LogP contribution is -2.35. The first-order chi connectivity index (χ1) is 10.7. The van der Waals surface area contributed by atoms with Gasteiger partial charge in [0.05, 0.1) is 12.1 Å². The summed E-state index contributed by atoms with van der Waals surface area (Å²) in [6, 6.07) is 9.48. The van der Waals surface area contributed by atoms with Crippen molar-refractivity contribution in [2.45, 2.75) is 6.54 Å². The monoisotopic (exact) mass is 300 g/mol. The summed E-state index contributed by atoms with van der Waals surface area (Å²) in [4.78, 5) is 24.2. The number of ether oxygens (including phenoxy) is 1. The fourth-order valence-electron chi connectivity index (χ4n) is 2.36. The highest BCUT2D eigenvalue weighted by Crippen LogP contribution is 2.16. The number of carbonyl (C=O) groups excluding carboxylic acids is 1. The second-order valence-electron chi connectivity index (χ2n) is 4.89. The van der Waals surface area contributed by atoms with Crippen molar-refractivity contribution in [2.75, 3.05) is 20.3 Å². The van der Waals surface area contributed by atoms with E-state index in [1.807, 2.05) is 24.3 Å². The molecule has 0 aliphatic heterocycles. The van der Waals surface area contributed by atoms with Gasteiger partial charge in [0.15, 0.2) is 0 Å². The molecular formula is C15H16N4O3. The van der Waals surface area contributed by atoms with Crippen molar-refractivity contribution in [1.82, 2.24) is 19.5 Å². The Balaban J connectivity index is 1.92. The van der Waals surface area contributed by atoms with Crippen LogP contribution in [0.5, 0.6) is 0 Å². The lowest BCUT2D eigenvalue weighted by Gasteiger charge is -2.06. The molecule has 0 saturated heterocycles. The van der Waals surface area contributed by atoms with Crippen LogP contribution in [0.4, 0.5) is 0 Å². The highest BCUT2D eigenvalue weighted by atomic mass is 16.5. The van der Waals surface area contributed by atoms with Gasteiger partial charge in [-0.15, -0.1) is 0 Å². The van der Waals surface area contributed by atoms with E-state index >= 15 is 0 Å². The molecule has 22 heavy (non-hydrogen) atoms. The Morgan fingerprint density at radius 3 is 2.95 bits per heavy atom. The van der Waals surface area contributed by atoms with Gasteiger partial charge < -0.3 is 10.1 Å². The third kappa shape index (κ3) is 2.58. The number of nitrogens with zero attached hydrogens (tertiary/aromatic N) is 3. The van der Waals surface area contributed by atoms with Crippen LogP contribution < -0.4 is 10.9 Å². The van der Waals surface area contributed by atoms with E-state index in [0.29, 0.717) is 18.7 Å². The normalized spacial score (nSPS) is 11.1. The quantitative estimate of drug-likeness (QED) is 0.692. The summed E-state index contributed by atoms with van der Waals surface area (Å²) in [7, 11) is 1.56. The number of para-hydroxylation sites is 1. The van der Waals surface area contributed by atoms with Gasteiger partial charge in [-0.2, -0.15) is 5.10 Å². The van der Waals surface area contributed by atoms with Crippen LogP contribution in [0.2, 0.25) is 0 Å². The number of rotatable bonds is 5. The van der Waals surface area contributed by atoms with E-state index in [-0.39, 0.29) is 18.0 Å². The van der Waals surface area contributed by atoms with Crippen molar-refractivity contribution in [1.29, 1.82) is 0 Å². The van der Waals surface area contributed by atoms with E-state index in [0.717, 1.165) is 15.6 Å². The molecule has 7 heteroatoms. The average molecular weight is 300 g/mol. The number of amides is 1. The Bertz CT molecular complexity index is 881. The first kappa shape index (κ1) is 14.3. The van der Waals surface area contributed by atoms with Crippen LogP contribution in [0.3, 0.4) is 0 Å². The lowest BCUT2D eigenvalue weighted by atomic mass is 10.2. The Kier molecular flexibility index (Phi) is 3.88. The number of benzene rings is 1. The maximum Gasteiger partial charge on any atom is 0.291 e. The molecule has 0 aliphatic rings. The smallest absolute Gasteiger partial charge is 0.291 e. The number of hydrogen-bond acceptors (Lipinski definition) is 4. The zero-order valence-electron chi connectivity index (χ0n) is 12.2. The minimum atomic E-state index is -0.291. The van der Waals surface area contributed by atoms with Crippen molar-refractivity contribution in [3.8, 4) is 0 Å². The molecular weight excluding hydrogens is 284 g/mol. The molecule has 0 saturated carbocycles. The third-order valence-electron chi connectivity index (χ3n) is 3.43. The predicted octanol–water partition coefficient (Wildman–Crippen LogP) is 0.412. The van der Waals surface area contributed by atoms with Crippen molar-refractivity contribution >= 4 is 22.3 Å². The summed E-state index contributed by atoms with van der Waals surface area (Å²) >= 11 is 0. The second kappa shape index (κ2) is 5.98. The molecule has 0 unspecified atom stereocenters. The summed E-state index contributed by atoms with van der Waals surface area (Å²) in [5.41, 5.74) is 1.13. The van der Waals surface area contributed by atoms with Gasteiger partial charge in [0.1, 0.15) is 18.4 Å². The SMILES string of the molecule is COCCNC(=O)Cn1ncn2c(cc3ccccc32)c1=O.